The molecule has 6 bridgehead atoms. The van der Waals surface area contributed by atoms with Crippen molar-refractivity contribution in [3.63, 3.8) is 0 Å². The number of allylic oxidation sites excluding steroid dienone is 4. The van der Waals surface area contributed by atoms with Gasteiger partial charge in [0.05, 0.1) is 0 Å². The molecule has 260 valence electrons. The molecule has 0 amide bonds. The van der Waals surface area contributed by atoms with Crippen LogP contribution in [0.4, 0.5) is 5.69 Å². The summed E-state index contributed by atoms with van der Waals surface area (Å²) < 4.78 is 0. The van der Waals surface area contributed by atoms with E-state index in [4.69, 9.17) is 0 Å². The Kier molecular flexibility index (Phi) is 7.59. The molecule has 1 nitrogen and oxygen atoms in total. The molecule has 1 heteroatoms. The summed E-state index contributed by atoms with van der Waals surface area (Å²) in [4.78, 5) is 3.06. The molecule has 8 unspecified atom stereocenters. The summed E-state index contributed by atoms with van der Waals surface area (Å²) in [6.45, 7) is 0. The van der Waals surface area contributed by atoms with Crippen molar-refractivity contribution in [1.82, 2.24) is 0 Å². The molecule has 11 rings (SSSR count). The minimum atomic E-state index is 0.500. The molecule has 6 aliphatic carbocycles. The lowest BCUT2D eigenvalue weighted by Crippen LogP contribution is -2.49. The average molecular weight is 678 g/mol. The van der Waals surface area contributed by atoms with Crippen molar-refractivity contribution >= 4 is 16.5 Å². The average Bonchev–Trinajstić information content (AvgIpc) is 3.51. The first-order valence-electron chi connectivity index (χ1n) is 20.8. The van der Waals surface area contributed by atoms with Gasteiger partial charge < -0.3 is 4.90 Å². The third-order valence-electron chi connectivity index (χ3n) is 14.7. The topological polar surface area (TPSA) is 3.24 Å². The molecule has 6 aliphatic rings. The van der Waals surface area contributed by atoms with E-state index in [0.29, 0.717) is 47.6 Å². The summed E-state index contributed by atoms with van der Waals surface area (Å²) in [6.07, 6.45) is 24.0. The van der Waals surface area contributed by atoms with Crippen LogP contribution >= 0.6 is 0 Å². The lowest BCUT2D eigenvalue weighted by atomic mass is 9.65. The van der Waals surface area contributed by atoms with Gasteiger partial charge in [0.2, 0.25) is 0 Å². The minimum Gasteiger partial charge on any atom is -0.365 e. The van der Waals surface area contributed by atoms with Crippen LogP contribution in [0, 0.1) is 11.8 Å². The molecule has 0 radical (unpaired) electrons. The fourth-order valence-electron chi connectivity index (χ4n) is 12.5. The zero-order valence-corrected chi connectivity index (χ0v) is 30.5. The van der Waals surface area contributed by atoms with E-state index in [1.165, 1.54) is 109 Å². The van der Waals surface area contributed by atoms with E-state index in [2.05, 4.69) is 132 Å². The fraction of sp³-hybridized carbons (Fsp3) is 0.373. The molecule has 0 heterocycles. The molecule has 0 spiro atoms. The number of fused-ring (bicyclic) bond motifs is 6. The highest BCUT2D eigenvalue weighted by Crippen LogP contribution is 2.63. The molecular weight excluding hydrogens is 627 g/mol. The van der Waals surface area contributed by atoms with E-state index in [0.717, 1.165) is 0 Å². The van der Waals surface area contributed by atoms with Gasteiger partial charge >= 0.3 is 0 Å². The summed E-state index contributed by atoms with van der Waals surface area (Å²) in [5.74, 6) is 3.58. The maximum absolute atomic E-state index is 3.06. The Bertz CT molecular complexity index is 2210. The van der Waals surface area contributed by atoms with Gasteiger partial charge in [-0.2, -0.15) is 0 Å². The number of hydrogen-bond acceptors (Lipinski definition) is 1. The van der Waals surface area contributed by atoms with Crippen LogP contribution in [0.1, 0.15) is 117 Å². The molecule has 0 aliphatic heterocycles. The Balaban J connectivity index is 1.08. The van der Waals surface area contributed by atoms with Crippen LogP contribution in [0.2, 0.25) is 0 Å². The van der Waals surface area contributed by atoms with Crippen LogP contribution in [0.3, 0.4) is 0 Å². The van der Waals surface area contributed by atoms with Gasteiger partial charge in [-0.1, -0.05) is 141 Å². The van der Waals surface area contributed by atoms with Crippen LogP contribution in [-0.2, 0) is 0 Å². The predicted octanol–water partition coefficient (Wildman–Crippen LogP) is 13.5. The Morgan fingerprint density at radius 1 is 0.481 bits per heavy atom. The highest BCUT2D eigenvalue weighted by molar-refractivity contribution is 5.92. The van der Waals surface area contributed by atoms with Crippen LogP contribution in [0.15, 0.2) is 127 Å². The van der Waals surface area contributed by atoms with Gasteiger partial charge in [-0.3, -0.25) is 0 Å². The first-order chi connectivity index (χ1) is 25.8. The van der Waals surface area contributed by atoms with E-state index in [1.54, 1.807) is 22.3 Å². The Labute approximate surface area is 310 Å². The zero-order valence-electron chi connectivity index (χ0n) is 30.5. The fourth-order valence-corrected chi connectivity index (χ4v) is 12.5. The standard InChI is InChI=1S/C51H51N/c1-2-16-40(37-25-24-33-12-4-6-14-35(33)30-37)49(23-3-1)52(38-27-26-34-13-5-7-15-36(34)31-38)39-28-29-42-45-20-11-21-46-47-22-10-19-44(51(47)48(42)32-39)41-17-8-9-18-43(41)50(45)46/h4-9,11-15,17-18,20-21,24-25,28-30,32,34,36,38,40,44,47,49,51H,1-3,10,16,19,22-23,26-27,31H2. The van der Waals surface area contributed by atoms with Gasteiger partial charge in [0.15, 0.2) is 0 Å². The third-order valence-corrected chi connectivity index (χ3v) is 14.7. The second kappa shape index (κ2) is 12.6. The van der Waals surface area contributed by atoms with E-state index in [-0.39, 0.29) is 0 Å². The zero-order chi connectivity index (χ0) is 34.2. The number of nitrogens with zero attached hydrogens (tertiary/aromatic N) is 1. The van der Waals surface area contributed by atoms with Crippen LogP contribution in [0.5, 0.6) is 0 Å². The van der Waals surface area contributed by atoms with Crippen molar-refractivity contribution in [3.05, 3.63) is 150 Å². The number of rotatable bonds is 4. The van der Waals surface area contributed by atoms with Crippen molar-refractivity contribution in [3.8, 4) is 22.3 Å². The van der Waals surface area contributed by atoms with Gasteiger partial charge in [0.25, 0.3) is 0 Å². The number of benzene rings is 5. The Morgan fingerprint density at radius 3 is 2.19 bits per heavy atom. The van der Waals surface area contributed by atoms with Crippen LogP contribution in [0.25, 0.3) is 33.0 Å². The minimum absolute atomic E-state index is 0.500. The van der Waals surface area contributed by atoms with Gasteiger partial charge in [-0.15, -0.1) is 0 Å². The highest BCUT2D eigenvalue weighted by Gasteiger charge is 2.45. The van der Waals surface area contributed by atoms with Gasteiger partial charge in [-0.05, 0) is 142 Å². The first kappa shape index (κ1) is 31.2. The summed E-state index contributed by atoms with van der Waals surface area (Å²) in [6, 6.07) is 42.2. The highest BCUT2D eigenvalue weighted by atomic mass is 15.2. The van der Waals surface area contributed by atoms with Crippen molar-refractivity contribution in [1.29, 1.82) is 0 Å². The monoisotopic (exact) mass is 677 g/mol. The molecular formula is C51H51N. The molecule has 0 saturated heterocycles. The quantitative estimate of drug-likeness (QED) is 0.171. The van der Waals surface area contributed by atoms with Gasteiger partial charge in [0, 0.05) is 23.7 Å². The second-order valence-electron chi connectivity index (χ2n) is 17.2. The normalized spacial score (nSPS) is 29.7. The maximum Gasteiger partial charge on any atom is 0.0374 e. The van der Waals surface area contributed by atoms with Crippen LogP contribution in [-0.4, -0.2) is 12.1 Å². The first-order valence-corrected chi connectivity index (χ1v) is 20.8. The molecule has 0 aromatic heterocycles. The third kappa shape index (κ3) is 4.94. The molecule has 0 N–H and O–H groups in total. The smallest absolute Gasteiger partial charge is 0.0374 e. The summed E-state index contributed by atoms with van der Waals surface area (Å²) >= 11 is 0. The van der Waals surface area contributed by atoms with E-state index in [9.17, 15) is 0 Å². The summed E-state index contributed by atoms with van der Waals surface area (Å²) in [5, 5.41) is 2.75. The lowest BCUT2D eigenvalue weighted by Gasteiger charge is -2.48. The number of anilines is 1. The molecule has 5 aromatic carbocycles. The molecule has 3 saturated carbocycles. The molecule has 8 atom stereocenters. The van der Waals surface area contributed by atoms with Crippen LogP contribution < -0.4 is 4.90 Å². The lowest BCUT2D eigenvalue weighted by molar-refractivity contribution is 0.270. The molecule has 52 heavy (non-hydrogen) atoms. The predicted molar refractivity (Wildman–Crippen MR) is 218 cm³/mol. The Hall–Kier alpha value is -4.36. The van der Waals surface area contributed by atoms with Crippen molar-refractivity contribution in [2.75, 3.05) is 4.90 Å². The van der Waals surface area contributed by atoms with Crippen molar-refractivity contribution < 1.29 is 0 Å². The van der Waals surface area contributed by atoms with E-state index in [1.807, 2.05) is 0 Å². The summed E-state index contributed by atoms with van der Waals surface area (Å²) in [7, 11) is 0. The van der Waals surface area contributed by atoms with Gasteiger partial charge in [-0.25, -0.2) is 0 Å². The molecule has 3 fully saturated rings. The van der Waals surface area contributed by atoms with E-state index >= 15 is 0 Å². The largest absolute Gasteiger partial charge is 0.365 e. The second-order valence-corrected chi connectivity index (χ2v) is 17.2. The van der Waals surface area contributed by atoms with Crippen molar-refractivity contribution in [2.24, 2.45) is 11.8 Å². The maximum atomic E-state index is 3.06. The SMILES string of the molecule is C1=CC2CCC(N(c3ccc4c(c3)C3C5CCCC3c3cccc-4c3-c3ccccc35)C3CCCCCC3c3ccc4ccccc4c3)CC2C=C1. The molecule has 5 aromatic rings. The van der Waals surface area contributed by atoms with E-state index < -0.39 is 0 Å². The van der Waals surface area contributed by atoms with Gasteiger partial charge in [0.1, 0.15) is 0 Å². The van der Waals surface area contributed by atoms with Crippen molar-refractivity contribution in [2.45, 2.75) is 106 Å². The summed E-state index contributed by atoms with van der Waals surface area (Å²) in [5.41, 5.74) is 13.9. The number of hydrogen-bond donors (Lipinski definition) is 0. The Morgan fingerprint density at radius 2 is 1.25 bits per heavy atom.